The lowest BCUT2D eigenvalue weighted by molar-refractivity contribution is -0.128. The number of likely N-dealkylation sites (tertiary alicyclic amines) is 1. The van der Waals surface area contributed by atoms with Crippen molar-refractivity contribution in [2.24, 2.45) is 0 Å². The fraction of sp³-hybridized carbons (Fsp3) is 0.364. The van der Waals surface area contributed by atoms with E-state index in [0.29, 0.717) is 18.5 Å². The molecule has 4 heteroatoms. The molecule has 1 N–H and O–H groups in total. The maximum Gasteiger partial charge on any atom is 0.251 e. The third-order valence-electron chi connectivity index (χ3n) is 5.44. The van der Waals surface area contributed by atoms with Gasteiger partial charge in [-0.2, -0.15) is 0 Å². The summed E-state index contributed by atoms with van der Waals surface area (Å²) in [7, 11) is 0. The van der Waals surface area contributed by atoms with Crippen molar-refractivity contribution in [3.63, 3.8) is 0 Å². The van der Waals surface area contributed by atoms with Gasteiger partial charge in [-0.1, -0.05) is 36.4 Å². The highest BCUT2D eigenvalue weighted by Gasteiger charge is 2.22. The van der Waals surface area contributed by atoms with Gasteiger partial charge in [0.05, 0.1) is 6.04 Å². The summed E-state index contributed by atoms with van der Waals surface area (Å²) in [6.07, 6.45) is 4.78. The van der Waals surface area contributed by atoms with Crippen LogP contribution in [0, 0.1) is 0 Å². The quantitative estimate of drug-likeness (QED) is 0.917. The number of carbonyl (C=O) groups is 2. The molecule has 0 saturated carbocycles. The smallest absolute Gasteiger partial charge is 0.251 e. The molecule has 1 unspecified atom stereocenters. The van der Waals surface area contributed by atoms with E-state index in [1.807, 2.05) is 35.2 Å². The lowest BCUT2D eigenvalue weighted by Crippen LogP contribution is -2.31. The number of rotatable bonds is 4. The van der Waals surface area contributed by atoms with Crippen molar-refractivity contribution in [3.05, 3.63) is 70.8 Å². The number of aryl methyl sites for hydroxylation is 1. The van der Waals surface area contributed by atoms with Crippen LogP contribution in [0.4, 0.5) is 0 Å². The summed E-state index contributed by atoms with van der Waals surface area (Å²) >= 11 is 0. The molecule has 0 bridgehead atoms. The first-order chi connectivity index (χ1) is 12.7. The Morgan fingerprint density at radius 1 is 1.04 bits per heavy atom. The molecular formula is C22H24N2O2. The highest BCUT2D eigenvalue weighted by atomic mass is 16.2. The van der Waals surface area contributed by atoms with E-state index in [9.17, 15) is 9.59 Å². The van der Waals surface area contributed by atoms with Crippen molar-refractivity contribution in [2.45, 2.75) is 44.7 Å². The summed E-state index contributed by atoms with van der Waals surface area (Å²) in [4.78, 5) is 26.3. The zero-order chi connectivity index (χ0) is 17.9. The lowest BCUT2D eigenvalue weighted by atomic mass is 9.87. The van der Waals surface area contributed by atoms with Gasteiger partial charge in [0.25, 0.3) is 5.91 Å². The van der Waals surface area contributed by atoms with Crippen molar-refractivity contribution in [3.8, 4) is 0 Å². The van der Waals surface area contributed by atoms with Crippen LogP contribution in [0.3, 0.4) is 0 Å². The number of fused-ring (bicyclic) bond motifs is 1. The average Bonchev–Trinajstić information content (AvgIpc) is 3.07. The molecule has 26 heavy (non-hydrogen) atoms. The van der Waals surface area contributed by atoms with Crippen molar-refractivity contribution < 1.29 is 9.59 Å². The van der Waals surface area contributed by atoms with E-state index in [0.717, 1.165) is 37.8 Å². The molecule has 0 radical (unpaired) electrons. The minimum atomic E-state index is -0.0319. The van der Waals surface area contributed by atoms with E-state index in [-0.39, 0.29) is 17.9 Å². The predicted molar refractivity (Wildman–Crippen MR) is 101 cm³/mol. The van der Waals surface area contributed by atoms with Crippen LogP contribution in [0.25, 0.3) is 0 Å². The number of nitrogens with one attached hydrogen (secondary N) is 1. The number of hydrogen-bond acceptors (Lipinski definition) is 2. The third kappa shape index (κ3) is 3.50. The topological polar surface area (TPSA) is 49.4 Å². The fourth-order valence-corrected chi connectivity index (χ4v) is 4.00. The Labute approximate surface area is 154 Å². The van der Waals surface area contributed by atoms with Crippen LogP contribution in [0.1, 0.15) is 58.8 Å². The third-order valence-corrected chi connectivity index (χ3v) is 5.44. The summed E-state index contributed by atoms with van der Waals surface area (Å²) < 4.78 is 0. The van der Waals surface area contributed by atoms with Gasteiger partial charge in [0.2, 0.25) is 5.91 Å². The van der Waals surface area contributed by atoms with E-state index < -0.39 is 0 Å². The van der Waals surface area contributed by atoms with Gasteiger partial charge in [0.15, 0.2) is 0 Å². The Bertz CT molecular complexity index is 813. The van der Waals surface area contributed by atoms with Crippen LogP contribution in [0.15, 0.2) is 48.5 Å². The Balaban J connectivity index is 1.42. The number of nitrogens with zero attached hydrogens (tertiary/aromatic N) is 1. The molecule has 2 aromatic rings. The van der Waals surface area contributed by atoms with E-state index in [4.69, 9.17) is 0 Å². The molecule has 134 valence electrons. The fourth-order valence-electron chi connectivity index (χ4n) is 4.00. The molecular weight excluding hydrogens is 324 g/mol. The number of benzene rings is 2. The molecule has 2 aliphatic rings. The van der Waals surface area contributed by atoms with Gasteiger partial charge in [-0.25, -0.2) is 0 Å². The van der Waals surface area contributed by atoms with Crippen LogP contribution in [0.5, 0.6) is 0 Å². The van der Waals surface area contributed by atoms with Gasteiger partial charge < -0.3 is 10.2 Å². The largest absolute Gasteiger partial charge is 0.345 e. The molecule has 1 aliphatic carbocycles. The average molecular weight is 348 g/mol. The lowest BCUT2D eigenvalue weighted by Gasteiger charge is -2.26. The molecule has 2 aromatic carbocycles. The minimum Gasteiger partial charge on any atom is -0.345 e. The molecule has 1 aliphatic heterocycles. The zero-order valence-electron chi connectivity index (χ0n) is 14.9. The zero-order valence-corrected chi connectivity index (χ0v) is 14.9. The molecule has 1 saturated heterocycles. The molecule has 4 rings (SSSR count). The van der Waals surface area contributed by atoms with Crippen molar-refractivity contribution in [1.82, 2.24) is 10.2 Å². The second kappa shape index (κ2) is 7.32. The van der Waals surface area contributed by atoms with E-state index in [2.05, 4.69) is 23.5 Å². The summed E-state index contributed by atoms with van der Waals surface area (Å²) in [5.74, 6) is 0.193. The van der Waals surface area contributed by atoms with Gasteiger partial charge in [0, 0.05) is 25.1 Å². The number of amides is 2. The molecule has 4 nitrogen and oxygen atoms in total. The molecule has 2 amide bonds. The normalized spacial score (nSPS) is 19.3. The summed E-state index contributed by atoms with van der Waals surface area (Å²) in [5.41, 5.74) is 4.33. The first kappa shape index (κ1) is 16.8. The first-order valence-corrected chi connectivity index (χ1v) is 9.46. The van der Waals surface area contributed by atoms with Crippen LogP contribution in [-0.4, -0.2) is 23.3 Å². The Kier molecular flexibility index (Phi) is 4.74. The van der Waals surface area contributed by atoms with Crippen molar-refractivity contribution >= 4 is 11.8 Å². The van der Waals surface area contributed by atoms with Crippen LogP contribution in [-0.2, 0) is 17.8 Å². The highest BCUT2D eigenvalue weighted by Crippen LogP contribution is 2.29. The van der Waals surface area contributed by atoms with Gasteiger partial charge in [-0.3, -0.25) is 9.59 Å². The Morgan fingerprint density at radius 3 is 2.62 bits per heavy atom. The Morgan fingerprint density at radius 2 is 1.85 bits per heavy atom. The Hall–Kier alpha value is -2.62. The highest BCUT2D eigenvalue weighted by molar-refractivity contribution is 5.94. The van der Waals surface area contributed by atoms with Crippen molar-refractivity contribution in [2.75, 3.05) is 6.54 Å². The minimum absolute atomic E-state index is 0.0319. The van der Waals surface area contributed by atoms with Gasteiger partial charge in [-0.15, -0.1) is 0 Å². The van der Waals surface area contributed by atoms with E-state index in [1.54, 1.807) is 0 Å². The van der Waals surface area contributed by atoms with Crippen molar-refractivity contribution in [1.29, 1.82) is 0 Å². The molecule has 1 fully saturated rings. The molecule has 0 aromatic heterocycles. The van der Waals surface area contributed by atoms with E-state index >= 15 is 0 Å². The molecule has 1 heterocycles. The van der Waals surface area contributed by atoms with E-state index in [1.165, 1.54) is 11.1 Å². The summed E-state index contributed by atoms with van der Waals surface area (Å²) in [6.45, 7) is 1.47. The SMILES string of the molecule is O=C(NC1CCCc2ccccc21)c1ccc(CN2CCCC2=O)cc1. The second-order valence-electron chi connectivity index (χ2n) is 7.23. The molecule has 1 atom stereocenters. The monoisotopic (exact) mass is 348 g/mol. The molecule has 0 spiro atoms. The summed E-state index contributed by atoms with van der Waals surface area (Å²) in [5, 5.41) is 3.19. The van der Waals surface area contributed by atoms with Gasteiger partial charge >= 0.3 is 0 Å². The van der Waals surface area contributed by atoms with Gasteiger partial charge in [-0.05, 0) is 54.5 Å². The maximum absolute atomic E-state index is 12.7. The number of carbonyl (C=O) groups excluding carboxylic acids is 2. The van der Waals surface area contributed by atoms with Crippen LogP contribution < -0.4 is 5.32 Å². The predicted octanol–water partition coefficient (Wildman–Crippen LogP) is 3.62. The standard InChI is InChI=1S/C22H24N2O2/c25-21-9-4-14-24(21)15-16-10-12-18(13-11-16)22(26)23-20-8-3-6-17-5-1-2-7-19(17)20/h1-2,5,7,10-13,20H,3-4,6,8-9,14-15H2,(H,23,26). The number of hydrogen-bond donors (Lipinski definition) is 1. The van der Waals surface area contributed by atoms with Gasteiger partial charge in [0.1, 0.15) is 0 Å². The second-order valence-corrected chi connectivity index (χ2v) is 7.23. The van der Waals surface area contributed by atoms with Crippen LogP contribution in [0.2, 0.25) is 0 Å². The summed E-state index contributed by atoms with van der Waals surface area (Å²) in [6, 6.07) is 16.1. The first-order valence-electron chi connectivity index (χ1n) is 9.46. The maximum atomic E-state index is 12.7. The van der Waals surface area contributed by atoms with Crippen LogP contribution >= 0.6 is 0 Å².